The van der Waals surface area contributed by atoms with Crippen LogP contribution in [0, 0.1) is 0 Å². The number of ether oxygens (including phenoxy) is 2. The second kappa shape index (κ2) is 7.88. The quantitative estimate of drug-likeness (QED) is 0.584. The lowest BCUT2D eigenvalue weighted by molar-refractivity contribution is 0.217. The van der Waals surface area contributed by atoms with Crippen LogP contribution in [0.1, 0.15) is 5.56 Å². The Morgan fingerprint density at radius 1 is 0.955 bits per heavy atom. The van der Waals surface area contributed by atoms with Crippen LogP contribution in [0.3, 0.4) is 0 Å². The van der Waals surface area contributed by atoms with E-state index in [4.69, 9.17) is 62.2 Å². The lowest BCUT2D eigenvalue weighted by Crippen LogP contribution is -2.11. The molecule has 2 aromatic rings. The molecule has 22 heavy (non-hydrogen) atoms. The maximum Gasteiger partial charge on any atom is 0.156 e. The van der Waals surface area contributed by atoms with Gasteiger partial charge >= 0.3 is 0 Å². The van der Waals surface area contributed by atoms with Crippen molar-refractivity contribution in [3.8, 4) is 11.5 Å². The van der Waals surface area contributed by atoms with E-state index in [1.54, 1.807) is 36.4 Å². The van der Waals surface area contributed by atoms with Gasteiger partial charge < -0.3 is 15.2 Å². The van der Waals surface area contributed by atoms with Crippen molar-refractivity contribution in [3.05, 3.63) is 57.0 Å². The van der Waals surface area contributed by atoms with Crippen molar-refractivity contribution in [1.82, 2.24) is 0 Å². The zero-order valence-corrected chi connectivity index (χ0v) is 14.4. The summed E-state index contributed by atoms with van der Waals surface area (Å²) in [6, 6.07) is 10.3. The number of halogens is 3. The molecule has 0 saturated carbocycles. The van der Waals surface area contributed by atoms with Crippen LogP contribution in [-0.4, -0.2) is 18.2 Å². The van der Waals surface area contributed by atoms with Crippen molar-refractivity contribution in [2.24, 2.45) is 5.73 Å². The van der Waals surface area contributed by atoms with Gasteiger partial charge in [0.2, 0.25) is 0 Å². The number of benzene rings is 2. The van der Waals surface area contributed by atoms with Gasteiger partial charge in [-0.2, -0.15) is 0 Å². The summed E-state index contributed by atoms with van der Waals surface area (Å²) in [5.74, 6) is 1.08. The molecule has 2 rings (SSSR count). The minimum Gasteiger partial charge on any atom is -0.490 e. The van der Waals surface area contributed by atoms with Gasteiger partial charge in [-0.25, -0.2) is 0 Å². The van der Waals surface area contributed by atoms with Gasteiger partial charge in [0, 0.05) is 10.6 Å². The average molecular weight is 377 g/mol. The Hall–Kier alpha value is -1.20. The molecule has 0 saturated heterocycles. The first-order chi connectivity index (χ1) is 10.5. The summed E-state index contributed by atoms with van der Waals surface area (Å²) >= 11 is 22.8. The fourth-order valence-corrected chi connectivity index (χ4v) is 2.75. The highest BCUT2D eigenvalue weighted by Crippen LogP contribution is 2.35. The SMILES string of the molecule is NC(=S)c1ccc(OCCOc2c(Cl)cc(Cl)cc2Cl)cc1. The number of nitrogens with two attached hydrogens (primary N) is 1. The Morgan fingerprint density at radius 3 is 2.05 bits per heavy atom. The third-order valence-electron chi connectivity index (χ3n) is 2.70. The summed E-state index contributed by atoms with van der Waals surface area (Å²) in [4.78, 5) is 0.349. The number of thiocarbonyl (C=S) groups is 1. The Bertz CT molecular complexity index is 654. The second-order valence-electron chi connectivity index (χ2n) is 4.28. The molecule has 0 unspecified atom stereocenters. The van der Waals surface area contributed by atoms with Gasteiger partial charge in [-0.15, -0.1) is 0 Å². The summed E-state index contributed by atoms with van der Waals surface area (Å²) in [7, 11) is 0. The summed E-state index contributed by atoms with van der Waals surface area (Å²) in [6.45, 7) is 0.625. The molecule has 116 valence electrons. The molecule has 3 nitrogen and oxygen atoms in total. The maximum atomic E-state index is 6.02. The number of hydrogen-bond donors (Lipinski definition) is 1. The second-order valence-corrected chi connectivity index (χ2v) is 5.97. The number of rotatable bonds is 6. The first-order valence-electron chi connectivity index (χ1n) is 6.27. The topological polar surface area (TPSA) is 44.5 Å². The molecular formula is C15H12Cl3NO2S. The van der Waals surface area contributed by atoms with E-state index in [-0.39, 0.29) is 6.61 Å². The van der Waals surface area contributed by atoms with Crippen LogP contribution in [0.15, 0.2) is 36.4 Å². The fraction of sp³-hybridized carbons (Fsp3) is 0.133. The molecule has 7 heteroatoms. The molecule has 0 aliphatic heterocycles. The Kier molecular flexibility index (Phi) is 6.15. The van der Waals surface area contributed by atoms with Gasteiger partial charge in [0.1, 0.15) is 24.0 Å². The lowest BCUT2D eigenvalue weighted by atomic mass is 10.2. The van der Waals surface area contributed by atoms with Gasteiger partial charge in [0.05, 0.1) is 10.0 Å². The van der Waals surface area contributed by atoms with E-state index in [1.807, 2.05) is 0 Å². The molecular weight excluding hydrogens is 365 g/mol. The monoisotopic (exact) mass is 375 g/mol. The third kappa shape index (κ3) is 4.65. The van der Waals surface area contributed by atoms with Crippen molar-refractivity contribution in [2.75, 3.05) is 13.2 Å². The van der Waals surface area contributed by atoms with E-state index in [0.717, 1.165) is 5.56 Å². The molecule has 0 fully saturated rings. The zero-order chi connectivity index (χ0) is 16.1. The van der Waals surface area contributed by atoms with Gasteiger partial charge in [-0.05, 0) is 36.4 Å². The normalized spacial score (nSPS) is 10.3. The van der Waals surface area contributed by atoms with Crippen molar-refractivity contribution in [1.29, 1.82) is 0 Å². The van der Waals surface area contributed by atoms with Crippen molar-refractivity contribution in [2.45, 2.75) is 0 Å². The molecule has 0 bridgehead atoms. The standard InChI is InChI=1S/C15H12Cl3NO2S/c16-10-7-12(17)14(13(18)8-10)21-6-5-20-11-3-1-9(2-4-11)15(19)22/h1-4,7-8H,5-6H2,(H2,19,22). The zero-order valence-electron chi connectivity index (χ0n) is 11.3. The van der Waals surface area contributed by atoms with E-state index in [9.17, 15) is 0 Å². The molecule has 0 spiro atoms. The van der Waals surface area contributed by atoms with E-state index in [1.165, 1.54) is 0 Å². The van der Waals surface area contributed by atoms with Crippen molar-refractivity contribution in [3.63, 3.8) is 0 Å². The van der Waals surface area contributed by atoms with Crippen LogP contribution in [-0.2, 0) is 0 Å². The van der Waals surface area contributed by atoms with Crippen LogP contribution in [0.5, 0.6) is 11.5 Å². The van der Waals surface area contributed by atoms with E-state index >= 15 is 0 Å². The predicted molar refractivity (Wildman–Crippen MR) is 94.8 cm³/mol. The average Bonchev–Trinajstić information content (AvgIpc) is 2.46. The van der Waals surface area contributed by atoms with Crippen molar-refractivity contribution < 1.29 is 9.47 Å². The van der Waals surface area contributed by atoms with Crippen molar-refractivity contribution >= 4 is 52.0 Å². The smallest absolute Gasteiger partial charge is 0.156 e. The van der Waals surface area contributed by atoms with Crippen LogP contribution < -0.4 is 15.2 Å². The first-order valence-corrected chi connectivity index (χ1v) is 7.81. The Morgan fingerprint density at radius 2 is 1.50 bits per heavy atom. The maximum absolute atomic E-state index is 6.02. The molecule has 0 amide bonds. The fourth-order valence-electron chi connectivity index (χ4n) is 1.69. The number of hydrogen-bond acceptors (Lipinski definition) is 3. The predicted octanol–water partition coefficient (Wildman–Crippen LogP) is 4.74. The highest BCUT2D eigenvalue weighted by atomic mass is 35.5. The molecule has 0 aromatic heterocycles. The van der Waals surface area contributed by atoms with Crippen LogP contribution in [0.2, 0.25) is 15.1 Å². The molecule has 0 aliphatic carbocycles. The van der Waals surface area contributed by atoms with Crippen LogP contribution in [0.4, 0.5) is 0 Å². The minimum absolute atomic E-state index is 0.290. The largest absolute Gasteiger partial charge is 0.490 e. The van der Waals surface area contributed by atoms with E-state index in [2.05, 4.69) is 0 Å². The lowest BCUT2D eigenvalue weighted by Gasteiger charge is -2.11. The van der Waals surface area contributed by atoms with Gasteiger partial charge in [0.15, 0.2) is 5.75 Å². The summed E-state index contributed by atoms with van der Waals surface area (Å²) in [5.41, 5.74) is 6.32. The van der Waals surface area contributed by atoms with Crippen LogP contribution in [0.25, 0.3) is 0 Å². The molecule has 0 heterocycles. The Labute approximate surface area is 148 Å². The molecule has 0 aliphatic rings. The molecule has 2 aromatic carbocycles. The van der Waals surface area contributed by atoms with Gasteiger partial charge in [-0.1, -0.05) is 47.0 Å². The minimum atomic E-state index is 0.290. The molecule has 0 atom stereocenters. The highest BCUT2D eigenvalue weighted by Gasteiger charge is 2.09. The summed E-state index contributed by atoms with van der Waals surface area (Å²) in [5, 5.41) is 1.17. The summed E-state index contributed by atoms with van der Waals surface area (Å²) < 4.78 is 11.1. The molecule has 2 N–H and O–H groups in total. The highest BCUT2D eigenvalue weighted by molar-refractivity contribution is 7.80. The van der Waals surface area contributed by atoms with E-state index < -0.39 is 0 Å². The Balaban J connectivity index is 1.86. The van der Waals surface area contributed by atoms with Gasteiger partial charge in [-0.3, -0.25) is 0 Å². The van der Waals surface area contributed by atoms with Crippen LogP contribution >= 0.6 is 47.0 Å². The third-order valence-corrected chi connectivity index (χ3v) is 3.72. The first kappa shape index (κ1) is 17.2. The van der Waals surface area contributed by atoms with E-state index in [0.29, 0.717) is 38.2 Å². The van der Waals surface area contributed by atoms with Gasteiger partial charge in [0.25, 0.3) is 0 Å². The molecule has 0 radical (unpaired) electrons. The summed E-state index contributed by atoms with van der Waals surface area (Å²) in [6.07, 6.45) is 0.